The number of benzene rings is 1. The third kappa shape index (κ3) is 4.75. The lowest BCUT2D eigenvalue weighted by atomic mass is 10.1. The van der Waals surface area contributed by atoms with E-state index >= 15 is 0 Å². The Morgan fingerprint density at radius 3 is 2.67 bits per heavy atom. The summed E-state index contributed by atoms with van der Waals surface area (Å²) in [5.74, 6) is 0.166. The average molecular weight is 367 g/mol. The number of nitrogens with one attached hydrogen (secondary N) is 1. The van der Waals surface area contributed by atoms with E-state index in [0.29, 0.717) is 15.9 Å². The van der Waals surface area contributed by atoms with Crippen molar-refractivity contribution < 1.29 is 9.00 Å². The highest BCUT2D eigenvalue weighted by molar-refractivity contribution is 9.10. The summed E-state index contributed by atoms with van der Waals surface area (Å²) < 4.78 is 12.1. The first-order valence-corrected chi connectivity index (χ1v) is 8.85. The van der Waals surface area contributed by atoms with Crippen molar-refractivity contribution in [2.75, 3.05) is 12.0 Å². The fraction of sp³-hybridized carbons (Fsp3) is 0.200. The molecule has 1 amide bonds. The number of pyridine rings is 1. The number of rotatable bonds is 5. The Hall–Kier alpha value is -1.53. The van der Waals surface area contributed by atoms with Crippen LogP contribution in [-0.2, 0) is 10.8 Å². The summed E-state index contributed by atoms with van der Waals surface area (Å²) >= 11 is 3.24. The fourth-order valence-electron chi connectivity index (χ4n) is 1.93. The van der Waals surface area contributed by atoms with E-state index in [1.807, 2.05) is 30.3 Å². The molecule has 0 bridgehead atoms. The molecule has 0 aliphatic heterocycles. The van der Waals surface area contributed by atoms with Gasteiger partial charge in [0.2, 0.25) is 0 Å². The number of carbonyl (C=O) groups excluding carboxylic acids is 1. The molecule has 6 heteroatoms. The minimum Gasteiger partial charge on any atom is -0.344 e. The quantitative estimate of drug-likeness (QED) is 0.827. The van der Waals surface area contributed by atoms with Crippen molar-refractivity contribution in [1.29, 1.82) is 0 Å². The molecule has 2 rings (SSSR count). The second kappa shape index (κ2) is 7.47. The maximum atomic E-state index is 12.3. The van der Waals surface area contributed by atoms with Gasteiger partial charge in [-0.2, -0.15) is 0 Å². The van der Waals surface area contributed by atoms with Crippen molar-refractivity contribution in [3.63, 3.8) is 0 Å². The normalized spacial score (nSPS) is 13.4. The molecule has 21 heavy (non-hydrogen) atoms. The van der Waals surface area contributed by atoms with Crippen molar-refractivity contribution in [3.8, 4) is 0 Å². The van der Waals surface area contributed by atoms with Gasteiger partial charge in [0.15, 0.2) is 0 Å². The third-order valence-corrected chi connectivity index (χ3v) is 4.13. The first kappa shape index (κ1) is 15.9. The zero-order valence-electron chi connectivity index (χ0n) is 11.5. The Morgan fingerprint density at radius 2 is 2.05 bits per heavy atom. The van der Waals surface area contributed by atoms with Crippen LogP contribution in [0.25, 0.3) is 0 Å². The monoisotopic (exact) mass is 366 g/mol. The molecule has 0 saturated carbocycles. The Bertz CT molecular complexity index is 649. The summed E-state index contributed by atoms with van der Waals surface area (Å²) in [5, 5.41) is 2.93. The van der Waals surface area contributed by atoms with Gasteiger partial charge >= 0.3 is 0 Å². The highest BCUT2D eigenvalue weighted by Gasteiger charge is 2.17. The van der Waals surface area contributed by atoms with E-state index in [2.05, 4.69) is 26.2 Å². The van der Waals surface area contributed by atoms with Gasteiger partial charge in [0, 0.05) is 34.6 Å². The van der Waals surface area contributed by atoms with E-state index in [9.17, 15) is 9.00 Å². The number of hydrogen-bond donors (Lipinski definition) is 1. The van der Waals surface area contributed by atoms with Crippen molar-refractivity contribution in [1.82, 2.24) is 10.3 Å². The first-order valence-electron chi connectivity index (χ1n) is 6.33. The lowest BCUT2D eigenvalue weighted by Crippen LogP contribution is -2.31. The minimum absolute atomic E-state index is 0.211. The van der Waals surface area contributed by atoms with Crippen molar-refractivity contribution in [3.05, 3.63) is 64.4 Å². The molecule has 4 nitrogen and oxygen atoms in total. The van der Waals surface area contributed by atoms with Crippen LogP contribution in [0.5, 0.6) is 0 Å². The van der Waals surface area contributed by atoms with E-state index < -0.39 is 10.8 Å². The van der Waals surface area contributed by atoms with Gasteiger partial charge in [-0.3, -0.25) is 9.00 Å². The predicted octanol–water partition coefficient (Wildman–Crippen LogP) is 2.69. The van der Waals surface area contributed by atoms with Crippen LogP contribution in [-0.4, -0.2) is 27.1 Å². The molecule has 1 N–H and O–H groups in total. The number of hydrogen-bond acceptors (Lipinski definition) is 3. The Labute approximate surface area is 134 Å². The van der Waals surface area contributed by atoms with E-state index in [0.717, 1.165) is 5.56 Å². The molecule has 0 radical (unpaired) electrons. The summed E-state index contributed by atoms with van der Waals surface area (Å²) in [5.41, 5.74) is 1.45. The smallest absolute Gasteiger partial charge is 0.251 e. The number of nitrogens with zero attached hydrogens (tertiary/aromatic N) is 1. The van der Waals surface area contributed by atoms with Crippen LogP contribution in [0.3, 0.4) is 0 Å². The molecular weight excluding hydrogens is 352 g/mol. The van der Waals surface area contributed by atoms with E-state index in [1.165, 1.54) is 0 Å². The van der Waals surface area contributed by atoms with Gasteiger partial charge in [0.1, 0.15) is 4.60 Å². The maximum absolute atomic E-state index is 12.3. The summed E-state index contributed by atoms with van der Waals surface area (Å²) in [7, 11) is -1.01. The van der Waals surface area contributed by atoms with E-state index in [1.54, 1.807) is 24.6 Å². The standard InChI is InChI=1S/C15H15BrN2O2S/c1-21(20)10-13(11-5-3-2-4-6-11)18-15(19)12-7-8-17-14(16)9-12/h2-9,13H,10H2,1H3,(H,18,19)/t13-,21+/m0/s1. The molecule has 0 spiro atoms. The van der Waals surface area contributed by atoms with Crippen molar-refractivity contribution in [2.45, 2.75) is 6.04 Å². The van der Waals surface area contributed by atoms with Gasteiger partial charge in [-0.15, -0.1) is 0 Å². The third-order valence-electron chi connectivity index (χ3n) is 2.90. The van der Waals surface area contributed by atoms with Crippen molar-refractivity contribution >= 4 is 32.6 Å². The molecule has 110 valence electrons. The second-order valence-corrected chi connectivity index (χ2v) is 6.84. The van der Waals surface area contributed by atoms with Crippen LogP contribution in [0, 0.1) is 0 Å². The number of halogens is 1. The lowest BCUT2D eigenvalue weighted by molar-refractivity contribution is 0.0940. The topological polar surface area (TPSA) is 59.1 Å². The van der Waals surface area contributed by atoms with Crippen LogP contribution in [0.2, 0.25) is 0 Å². The second-order valence-electron chi connectivity index (χ2n) is 4.54. The Morgan fingerprint density at radius 1 is 1.33 bits per heavy atom. The number of aromatic nitrogens is 1. The summed E-state index contributed by atoms with van der Waals surface area (Å²) in [6.45, 7) is 0. The van der Waals surface area contributed by atoms with Crippen molar-refractivity contribution in [2.24, 2.45) is 0 Å². The summed E-state index contributed by atoms with van der Waals surface area (Å²) in [6.07, 6.45) is 3.19. The van der Waals surface area contributed by atoms with Gasteiger partial charge in [-0.05, 0) is 33.6 Å². The Balaban J connectivity index is 2.19. The van der Waals surface area contributed by atoms with Gasteiger partial charge in [-0.25, -0.2) is 4.98 Å². The zero-order valence-corrected chi connectivity index (χ0v) is 13.9. The highest BCUT2D eigenvalue weighted by atomic mass is 79.9. The number of carbonyl (C=O) groups is 1. The van der Waals surface area contributed by atoms with Crippen LogP contribution >= 0.6 is 15.9 Å². The lowest BCUT2D eigenvalue weighted by Gasteiger charge is -2.18. The molecule has 1 aromatic carbocycles. The SMILES string of the molecule is C[S@@](=O)C[C@H](NC(=O)c1ccnc(Br)c1)c1ccccc1. The summed E-state index contributed by atoms with van der Waals surface area (Å²) in [4.78, 5) is 16.3. The molecule has 0 aliphatic rings. The Kier molecular flexibility index (Phi) is 5.64. The molecule has 0 unspecified atom stereocenters. The summed E-state index contributed by atoms with van der Waals surface area (Å²) in [6, 6.07) is 12.6. The predicted molar refractivity (Wildman–Crippen MR) is 87.5 cm³/mol. The van der Waals surface area contributed by atoms with Crippen LogP contribution in [0.15, 0.2) is 53.3 Å². The highest BCUT2D eigenvalue weighted by Crippen LogP contribution is 2.15. The number of amides is 1. The average Bonchev–Trinajstić information content (AvgIpc) is 2.47. The van der Waals surface area contributed by atoms with Gasteiger partial charge < -0.3 is 5.32 Å². The molecule has 0 aliphatic carbocycles. The minimum atomic E-state index is -1.01. The molecule has 2 aromatic rings. The van der Waals surface area contributed by atoms with Gasteiger partial charge in [-0.1, -0.05) is 30.3 Å². The molecule has 0 fully saturated rings. The molecule has 1 aromatic heterocycles. The van der Waals surface area contributed by atoms with Gasteiger partial charge in [0.25, 0.3) is 5.91 Å². The van der Waals surface area contributed by atoms with E-state index in [-0.39, 0.29) is 11.9 Å². The zero-order chi connectivity index (χ0) is 15.2. The van der Waals surface area contributed by atoms with Gasteiger partial charge in [0.05, 0.1) is 6.04 Å². The first-order chi connectivity index (χ1) is 10.1. The maximum Gasteiger partial charge on any atom is 0.251 e. The largest absolute Gasteiger partial charge is 0.344 e. The molecule has 2 atom stereocenters. The molecular formula is C15H15BrN2O2S. The van der Waals surface area contributed by atoms with Crippen LogP contribution in [0.1, 0.15) is 22.0 Å². The van der Waals surface area contributed by atoms with E-state index in [4.69, 9.17) is 0 Å². The molecule has 1 heterocycles. The fourth-order valence-corrected chi connectivity index (χ4v) is 3.04. The van der Waals surface area contributed by atoms with Crippen LogP contribution in [0.4, 0.5) is 0 Å². The molecule has 0 saturated heterocycles. The van der Waals surface area contributed by atoms with Crippen LogP contribution < -0.4 is 5.32 Å².